The van der Waals surface area contributed by atoms with Gasteiger partial charge in [-0.05, 0) is 62.4 Å². The van der Waals surface area contributed by atoms with Crippen molar-refractivity contribution in [3.8, 4) is 17.3 Å². The van der Waals surface area contributed by atoms with Crippen molar-refractivity contribution in [2.24, 2.45) is 0 Å². The SMILES string of the molecule is Cc1sc(C(C#N)=C2CCCC2)nc1-c1ccc(F)cc1. The molecule has 1 aliphatic rings. The molecule has 3 rings (SSSR count). The van der Waals surface area contributed by atoms with E-state index in [4.69, 9.17) is 0 Å². The van der Waals surface area contributed by atoms with Gasteiger partial charge in [-0.15, -0.1) is 11.3 Å². The zero-order chi connectivity index (χ0) is 14.8. The minimum Gasteiger partial charge on any atom is -0.235 e. The largest absolute Gasteiger partial charge is 0.235 e. The molecule has 0 radical (unpaired) electrons. The summed E-state index contributed by atoms with van der Waals surface area (Å²) in [6, 6.07) is 8.67. The zero-order valence-corrected chi connectivity index (χ0v) is 12.6. The van der Waals surface area contributed by atoms with E-state index in [0.29, 0.717) is 0 Å². The van der Waals surface area contributed by atoms with Crippen LogP contribution in [0.2, 0.25) is 0 Å². The van der Waals surface area contributed by atoms with Gasteiger partial charge in [0, 0.05) is 10.4 Å². The first-order chi connectivity index (χ1) is 10.2. The second-order valence-electron chi connectivity index (χ2n) is 5.23. The summed E-state index contributed by atoms with van der Waals surface area (Å²) in [4.78, 5) is 5.70. The van der Waals surface area contributed by atoms with Crippen LogP contribution in [-0.2, 0) is 0 Å². The summed E-state index contributed by atoms with van der Waals surface area (Å²) in [6.45, 7) is 1.99. The van der Waals surface area contributed by atoms with Gasteiger partial charge >= 0.3 is 0 Å². The molecule has 4 heteroatoms. The number of hydrogen-bond donors (Lipinski definition) is 0. The fraction of sp³-hybridized carbons (Fsp3) is 0.294. The van der Waals surface area contributed by atoms with Crippen LogP contribution in [0, 0.1) is 24.1 Å². The summed E-state index contributed by atoms with van der Waals surface area (Å²) in [6.07, 6.45) is 4.34. The molecule has 1 aliphatic carbocycles. The van der Waals surface area contributed by atoms with Crippen LogP contribution in [0.15, 0.2) is 29.8 Å². The number of benzene rings is 1. The second-order valence-corrected chi connectivity index (χ2v) is 6.43. The van der Waals surface area contributed by atoms with Crippen molar-refractivity contribution in [2.75, 3.05) is 0 Å². The molecule has 21 heavy (non-hydrogen) atoms. The van der Waals surface area contributed by atoms with Gasteiger partial charge in [0.15, 0.2) is 0 Å². The van der Waals surface area contributed by atoms with E-state index >= 15 is 0 Å². The van der Waals surface area contributed by atoms with Crippen LogP contribution < -0.4 is 0 Å². The predicted molar refractivity (Wildman–Crippen MR) is 83.2 cm³/mol. The highest BCUT2D eigenvalue weighted by Gasteiger charge is 2.18. The lowest BCUT2D eigenvalue weighted by Crippen LogP contribution is -1.87. The molecule has 0 unspecified atom stereocenters. The van der Waals surface area contributed by atoms with Crippen molar-refractivity contribution < 1.29 is 4.39 Å². The molecular weight excluding hydrogens is 283 g/mol. The van der Waals surface area contributed by atoms with Crippen LogP contribution in [0.1, 0.15) is 35.6 Å². The number of nitriles is 1. The number of aryl methyl sites for hydroxylation is 1. The molecule has 2 nitrogen and oxygen atoms in total. The molecule has 106 valence electrons. The van der Waals surface area contributed by atoms with Crippen molar-refractivity contribution in [2.45, 2.75) is 32.6 Å². The van der Waals surface area contributed by atoms with Gasteiger partial charge in [-0.2, -0.15) is 5.26 Å². The fourth-order valence-corrected chi connectivity index (χ4v) is 3.69. The van der Waals surface area contributed by atoms with Crippen LogP contribution >= 0.6 is 11.3 Å². The summed E-state index contributed by atoms with van der Waals surface area (Å²) in [5.74, 6) is -0.252. The van der Waals surface area contributed by atoms with Gasteiger partial charge in [-0.3, -0.25) is 0 Å². The van der Waals surface area contributed by atoms with Gasteiger partial charge in [0.2, 0.25) is 0 Å². The summed E-state index contributed by atoms with van der Waals surface area (Å²) in [5.41, 5.74) is 3.72. The van der Waals surface area contributed by atoms with E-state index in [1.54, 1.807) is 23.5 Å². The maximum absolute atomic E-state index is 13.0. The second kappa shape index (κ2) is 5.79. The van der Waals surface area contributed by atoms with E-state index in [9.17, 15) is 9.65 Å². The van der Waals surface area contributed by atoms with Gasteiger partial charge in [-0.1, -0.05) is 0 Å². The third kappa shape index (κ3) is 2.74. The van der Waals surface area contributed by atoms with Crippen molar-refractivity contribution >= 4 is 16.9 Å². The zero-order valence-electron chi connectivity index (χ0n) is 11.8. The van der Waals surface area contributed by atoms with Crippen LogP contribution in [0.4, 0.5) is 4.39 Å². The Morgan fingerprint density at radius 3 is 2.52 bits per heavy atom. The highest BCUT2D eigenvalue weighted by atomic mass is 32.1. The molecule has 0 amide bonds. The first kappa shape index (κ1) is 14.0. The molecule has 1 aromatic carbocycles. The van der Waals surface area contributed by atoms with E-state index in [1.807, 2.05) is 6.92 Å². The number of thiazole rings is 1. The number of rotatable bonds is 2. The Hall–Kier alpha value is -1.99. The number of halogens is 1. The minimum atomic E-state index is -0.252. The molecule has 1 heterocycles. The molecule has 0 spiro atoms. The third-order valence-electron chi connectivity index (χ3n) is 3.80. The quantitative estimate of drug-likeness (QED) is 0.722. The minimum absolute atomic E-state index is 0.252. The number of hydrogen-bond acceptors (Lipinski definition) is 3. The maximum Gasteiger partial charge on any atom is 0.134 e. The van der Waals surface area contributed by atoms with Gasteiger partial charge < -0.3 is 0 Å². The standard InChI is InChI=1S/C17H15FN2S/c1-11-16(13-6-8-14(18)9-7-13)20-17(21-11)15(10-19)12-4-2-3-5-12/h6-9H,2-5H2,1H3. The first-order valence-electron chi connectivity index (χ1n) is 7.05. The molecule has 2 aromatic rings. The number of nitrogens with zero attached hydrogens (tertiary/aromatic N) is 2. The maximum atomic E-state index is 13.0. The van der Waals surface area contributed by atoms with Crippen LogP contribution in [0.25, 0.3) is 16.8 Å². The summed E-state index contributed by atoms with van der Waals surface area (Å²) < 4.78 is 13.0. The normalized spacial score (nSPS) is 14.2. The topological polar surface area (TPSA) is 36.7 Å². The Bertz CT molecular complexity index is 727. The molecule has 0 saturated heterocycles. The van der Waals surface area contributed by atoms with Crippen molar-refractivity contribution in [1.29, 1.82) is 5.26 Å². The Morgan fingerprint density at radius 1 is 1.24 bits per heavy atom. The Morgan fingerprint density at radius 2 is 1.90 bits per heavy atom. The monoisotopic (exact) mass is 298 g/mol. The van der Waals surface area contributed by atoms with Crippen LogP contribution in [0.5, 0.6) is 0 Å². The van der Waals surface area contributed by atoms with Crippen molar-refractivity contribution in [3.05, 3.63) is 45.5 Å². The van der Waals surface area contributed by atoms with E-state index in [0.717, 1.165) is 52.4 Å². The third-order valence-corrected chi connectivity index (χ3v) is 4.79. The Balaban J connectivity index is 2.03. The van der Waals surface area contributed by atoms with Crippen molar-refractivity contribution in [3.63, 3.8) is 0 Å². The van der Waals surface area contributed by atoms with Crippen LogP contribution in [-0.4, -0.2) is 4.98 Å². The lowest BCUT2D eigenvalue weighted by Gasteiger charge is -1.99. The van der Waals surface area contributed by atoms with Gasteiger partial charge in [0.1, 0.15) is 16.9 Å². The Labute approximate surface area is 127 Å². The van der Waals surface area contributed by atoms with Crippen molar-refractivity contribution in [1.82, 2.24) is 4.98 Å². The molecule has 0 N–H and O–H groups in total. The van der Waals surface area contributed by atoms with E-state index in [-0.39, 0.29) is 5.82 Å². The molecule has 1 saturated carbocycles. The molecule has 0 atom stereocenters. The molecule has 1 aromatic heterocycles. The van der Waals surface area contributed by atoms with Gasteiger partial charge in [-0.25, -0.2) is 9.37 Å². The smallest absolute Gasteiger partial charge is 0.134 e. The molecule has 1 fully saturated rings. The summed E-state index contributed by atoms with van der Waals surface area (Å²) in [5, 5.41) is 10.3. The average Bonchev–Trinajstić information content (AvgIpc) is 3.11. The van der Waals surface area contributed by atoms with E-state index in [2.05, 4.69) is 11.1 Å². The highest BCUT2D eigenvalue weighted by molar-refractivity contribution is 7.13. The van der Waals surface area contributed by atoms with Crippen LogP contribution in [0.3, 0.4) is 0 Å². The fourth-order valence-electron chi connectivity index (χ4n) is 2.71. The Kier molecular flexibility index (Phi) is 3.85. The summed E-state index contributed by atoms with van der Waals surface area (Å²) in [7, 11) is 0. The highest BCUT2D eigenvalue weighted by Crippen LogP contribution is 2.36. The lowest BCUT2D eigenvalue weighted by atomic mass is 10.1. The van der Waals surface area contributed by atoms with Gasteiger partial charge in [0.25, 0.3) is 0 Å². The number of aromatic nitrogens is 1. The summed E-state index contributed by atoms with van der Waals surface area (Å²) >= 11 is 1.55. The predicted octanol–water partition coefficient (Wildman–Crippen LogP) is 5.11. The van der Waals surface area contributed by atoms with Gasteiger partial charge in [0.05, 0.1) is 11.3 Å². The van der Waals surface area contributed by atoms with E-state index < -0.39 is 0 Å². The first-order valence-corrected chi connectivity index (χ1v) is 7.86. The van der Waals surface area contributed by atoms with E-state index in [1.165, 1.54) is 17.7 Å². The average molecular weight is 298 g/mol. The number of allylic oxidation sites excluding steroid dienone is 2. The lowest BCUT2D eigenvalue weighted by molar-refractivity contribution is 0.628. The molecular formula is C17H15FN2S. The molecule has 0 aliphatic heterocycles. The molecule has 0 bridgehead atoms.